The molecule has 0 radical (unpaired) electrons. The lowest BCUT2D eigenvalue weighted by Gasteiger charge is -2.14. The molecule has 0 bridgehead atoms. The third-order valence-electron chi connectivity index (χ3n) is 3.01. The maximum absolute atomic E-state index is 12.1. The number of nitrogens with zero attached hydrogens (tertiary/aromatic N) is 1. The van der Waals surface area contributed by atoms with Crippen molar-refractivity contribution in [1.29, 1.82) is 0 Å². The van der Waals surface area contributed by atoms with E-state index in [4.69, 9.17) is 11.6 Å². The molecule has 1 fully saturated rings. The van der Waals surface area contributed by atoms with Gasteiger partial charge in [0.05, 0.1) is 4.88 Å². The molecule has 1 aromatic heterocycles. The van der Waals surface area contributed by atoms with Gasteiger partial charge in [0.2, 0.25) is 0 Å². The van der Waals surface area contributed by atoms with Crippen molar-refractivity contribution >= 4 is 28.8 Å². The highest BCUT2D eigenvalue weighted by Crippen LogP contribution is 2.23. The van der Waals surface area contributed by atoms with Gasteiger partial charge in [0, 0.05) is 23.8 Å². The predicted octanol–water partition coefficient (Wildman–Crippen LogP) is 3.01. The molecule has 0 saturated carbocycles. The molecule has 1 aliphatic rings. The number of amides is 1. The highest BCUT2D eigenvalue weighted by atomic mass is 35.5. The Balaban J connectivity index is 2.02. The molecule has 1 atom stereocenters. The normalized spacial score (nSPS) is 20.4. The highest BCUT2D eigenvalue weighted by Gasteiger charge is 2.26. The molecule has 4 heteroatoms. The minimum atomic E-state index is 0.178. The summed E-state index contributed by atoms with van der Waals surface area (Å²) in [6.45, 7) is 3.79. The van der Waals surface area contributed by atoms with Crippen LogP contribution in [-0.2, 0) is 6.42 Å². The number of carbonyl (C=O) groups excluding carboxylic acids is 1. The van der Waals surface area contributed by atoms with Gasteiger partial charge in [-0.15, -0.1) is 22.9 Å². The molecule has 2 nitrogen and oxygen atoms in total. The third kappa shape index (κ3) is 2.41. The minimum Gasteiger partial charge on any atom is -0.338 e. The zero-order chi connectivity index (χ0) is 11.5. The van der Waals surface area contributed by atoms with Crippen LogP contribution in [0.5, 0.6) is 0 Å². The summed E-state index contributed by atoms with van der Waals surface area (Å²) in [6, 6.07) is 3.99. The monoisotopic (exact) mass is 257 g/mol. The Labute approximate surface area is 105 Å². The van der Waals surface area contributed by atoms with Crippen LogP contribution in [0.15, 0.2) is 12.1 Å². The van der Waals surface area contributed by atoms with Crippen molar-refractivity contribution in [3.8, 4) is 0 Å². The van der Waals surface area contributed by atoms with Crippen molar-refractivity contribution in [2.45, 2.75) is 19.8 Å². The van der Waals surface area contributed by atoms with Crippen molar-refractivity contribution < 1.29 is 4.79 Å². The second kappa shape index (κ2) is 5.19. The molecule has 1 unspecified atom stereocenters. The molecule has 1 aliphatic heterocycles. The molecule has 1 amide bonds. The quantitative estimate of drug-likeness (QED) is 0.763. The average Bonchev–Trinajstić information content (AvgIpc) is 2.97. The fourth-order valence-corrected chi connectivity index (χ4v) is 3.15. The molecule has 88 valence electrons. The number of hydrogen-bond acceptors (Lipinski definition) is 2. The Morgan fingerprint density at radius 1 is 1.62 bits per heavy atom. The highest BCUT2D eigenvalue weighted by molar-refractivity contribution is 7.14. The first kappa shape index (κ1) is 11.9. The van der Waals surface area contributed by atoms with Crippen LogP contribution >= 0.6 is 22.9 Å². The number of alkyl halides is 1. The second-order valence-electron chi connectivity index (χ2n) is 4.18. The SMILES string of the molecule is CCc1ccc(C(=O)N2CCC(CCl)C2)s1. The molecule has 1 aromatic rings. The van der Waals surface area contributed by atoms with Gasteiger partial charge >= 0.3 is 0 Å². The van der Waals surface area contributed by atoms with Gasteiger partial charge in [0.1, 0.15) is 0 Å². The number of halogens is 1. The Morgan fingerprint density at radius 3 is 3.00 bits per heavy atom. The number of carbonyl (C=O) groups is 1. The molecule has 0 spiro atoms. The molecule has 0 aliphatic carbocycles. The average molecular weight is 258 g/mol. The summed E-state index contributed by atoms with van der Waals surface area (Å²) in [7, 11) is 0. The molecule has 0 N–H and O–H groups in total. The van der Waals surface area contributed by atoms with Crippen molar-refractivity contribution in [2.24, 2.45) is 5.92 Å². The van der Waals surface area contributed by atoms with Gasteiger partial charge in [0.25, 0.3) is 5.91 Å². The van der Waals surface area contributed by atoms with Gasteiger partial charge in [-0.2, -0.15) is 0 Å². The van der Waals surface area contributed by atoms with Crippen LogP contribution in [0.3, 0.4) is 0 Å². The van der Waals surface area contributed by atoms with Crippen LogP contribution in [0, 0.1) is 5.92 Å². The number of rotatable bonds is 3. The van der Waals surface area contributed by atoms with E-state index in [-0.39, 0.29) is 5.91 Å². The van der Waals surface area contributed by atoms with Crippen molar-refractivity contribution in [1.82, 2.24) is 4.90 Å². The predicted molar refractivity (Wildman–Crippen MR) is 68.4 cm³/mol. The zero-order valence-electron chi connectivity index (χ0n) is 9.41. The summed E-state index contributed by atoms with van der Waals surface area (Å²) >= 11 is 7.43. The maximum atomic E-state index is 12.1. The van der Waals surface area contributed by atoms with Gasteiger partial charge in [-0.1, -0.05) is 6.92 Å². The van der Waals surface area contributed by atoms with E-state index >= 15 is 0 Å². The number of likely N-dealkylation sites (tertiary alicyclic amines) is 1. The largest absolute Gasteiger partial charge is 0.338 e. The lowest BCUT2D eigenvalue weighted by atomic mass is 10.2. The van der Waals surface area contributed by atoms with E-state index in [1.54, 1.807) is 11.3 Å². The first-order valence-electron chi connectivity index (χ1n) is 5.68. The van der Waals surface area contributed by atoms with E-state index in [2.05, 4.69) is 6.92 Å². The minimum absolute atomic E-state index is 0.178. The Kier molecular flexibility index (Phi) is 3.87. The van der Waals surface area contributed by atoms with Crippen molar-refractivity contribution in [2.75, 3.05) is 19.0 Å². The number of thiophene rings is 1. The Hall–Kier alpha value is -0.540. The van der Waals surface area contributed by atoms with Gasteiger partial charge in [-0.3, -0.25) is 4.79 Å². The molecule has 2 rings (SSSR count). The zero-order valence-corrected chi connectivity index (χ0v) is 11.0. The van der Waals surface area contributed by atoms with Crippen LogP contribution in [0.1, 0.15) is 27.9 Å². The van der Waals surface area contributed by atoms with Gasteiger partial charge in [0.15, 0.2) is 0 Å². The van der Waals surface area contributed by atoms with Crippen LogP contribution in [-0.4, -0.2) is 29.8 Å². The lowest BCUT2D eigenvalue weighted by molar-refractivity contribution is 0.0793. The van der Waals surface area contributed by atoms with E-state index in [0.717, 1.165) is 30.8 Å². The smallest absolute Gasteiger partial charge is 0.263 e. The van der Waals surface area contributed by atoms with E-state index in [1.807, 2.05) is 17.0 Å². The standard InChI is InChI=1S/C12H16ClNOS/c1-2-10-3-4-11(16-10)12(15)14-6-5-9(7-13)8-14/h3-4,9H,2,5-8H2,1H3. The Morgan fingerprint density at radius 2 is 2.44 bits per heavy atom. The third-order valence-corrected chi connectivity index (χ3v) is 4.67. The van der Waals surface area contributed by atoms with Crippen molar-refractivity contribution in [3.05, 3.63) is 21.9 Å². The summed E-state index contributed by atoms with van der Waals surface area (Å²) in [4.78, 5) is 16.2. The maximum Gasteiger partial charge on any atom is 0.263 e. The van der Waals surface area contributed by atoms with Crippen LogP contribution in [0.2, 0.25) is 0 Å². The Bertz CT molecular complexity index is 377. The fourth-order valence-electron chi connectivity index (χ4n) is 1.98. The molecular weight excluding hydrogens is 242 g/mol. The summed E-state index contributed by atoms with van der Waals surface area (Å²) in [5.74, 6) is 1.32. The van der Waals surface area contributed by atoms with Crippen LogP contribution in [0.25, 0.3) is 0 Å². The molecule has 1 saturated heterocycles. The second-order valence-corrected chi connectivity index (χ2v) is 5.66. The summed E-state index contributed by atoms with van der Waals surface area (Å²) in [6.07, 6.45) is 2.05. The number of aryl methyl sites for hydroxylation is 1. The number of hydrogen-bond donors (Lipinski definition) is 0. The summed E-state index contributed by atoms with van der Waals surface area (Å²) in [5, 5.41) is 0. The topological polar surface area (TPSA) is 20.3 Å². The first-order valence-corrected chi connectivity index (χ1v) is 7.03. The van der Waals surface area contributed by atoms with Crippen LogP contribution in [0.4, 0.5) is 0 Å². The summed E-state index contributed by atoms with van der Waals surface area (Å²) < 4.78 is 0. The van der Waals surface area contributed by atoms with Crippen molar-refractivity contribution in [3.63, 3.8) is 0 Å². The first-order chi connectivity index (χ1) is 7.74. The fraction of sp³-hybridized carbons (Fsp3) is 0.583. The van der Waals surface area contributed by atoms with Gasteiger partial charge in [-0.25, -0.2) is 0 Å². The molecular formula is C12H16ClNOS. The van der Waals surface area contributed by atoms with E-state index in [0.29, 0.717) is 11.8 Å². The molecule has 16 heavy (non-hydrogen) atoms. The van der Waals surface area contributed by atoms with E-state index in [1.165, 1.54) is 4.88 Å². The molecule has 2 heterocycles. The van der Waals surface area contributed by atoms with E-state index in [9.17, 15) is 4.79 Å². The van der Waals surface area contributed by atoms with Gasteiger partial charge in [-0.05, 0) is 30.9 Å². The molecule has 0 aromatic carbocycles. The van der Waals surface area contributed by atoms with Gasteiger partial charge < -0.3 is 4.90 Å². The van der Waals surface area contributed by atoms with E-state index < -0.39 is 0 Å². The summed E-state index contributed by atoms with van der Waals surface area (Å²) in [5.41, 5.74) is 0. The lowest BCUT2D eigenvalue weighted by Crippen LogP contribution is -2.28. The van der Waals surface area contributed by atoms with Crippen LogP contribution < -0.4 is 0 Å².